The second kappa shape index (κ2) is 8.82. The molecule has 3 aliphatic rings. The highest BCUT2D eigenvalue weighted by Gasteiger charge is 2.44. The Morgan fingerprint density at radius 2 is 2.04 bits per heavy atom. The molecule has 2 amide bonds. The van der Waals surface area contributed by atoms with Gasteiger partial charge in [-0.15, -0.1) is 0 Å². The van der Waals surface area contributed by atoms with E-state index in [1.54, 1.807) is 13.1 Å². The molecule has 1 saturated heterocycles. The maximum Gasteiger partial charge on any atom is 0.233 e. The van der Waals surface area contributed by atoms with Crippen molar-refractivity contribution in [1.82, 2.24) is 15.2 Å². The molecule has 0 spiro atoms. The first-order chi connectivity index (χ1) is 13.6. The van der Waals surface area contributed by atoms with Crippen LogP contribution >= 0.6 is 11.8 Å². The van der Waals surface area contributed by atoms with Crippen molar-refractivity contribution in [1.29, 1.82) is 0 Å². The fourth-order valence-corrected chi connectivity index (χ4v) is 5.18. The van der Waals surface area contributed by atoms with Gasteiger partial charge in [0, 0.05) is 32.8 Å². The van der Waals surface area contributed by atoms with Crippen molar-refractivity contribution in [2.75, 3.05) is 25.4 Å². The second-order valence-electron chi connectivity index (χ2n) is 8.37. The third-order valence-corrected chi connectivity index (χ3v) is 7.01. The van der Waals surface area contributed by atoms with Gasteiger partial charge in [0.25, 0.3) is 0 Å². The number of fused-ring (bicyclic) bond motifs is 1. The van der Waals surface area contributed by atoms with Crippen LogP contribution < -0.4 is 5.32 Å². The summed E-state index contributed by atoms with van der Waals surface area (Å²) in [5.41, 5.74) is 0. The van der Waals surface area contributed by atoms with E-state index < -0.39 is 0 Å². The SMILES string of the molecule is CC(=O)N[C@@H]1C[C@@H]2CN(C(=O)CSc3ccccn3)C[C@@H]2C[C@H]1OCC1CC1. The Morgan fingerprint density at radius 3 is 2.71 bits per heavy atom. The van der Waals surface area contributed by atoms with E-state index in [4.69, 9.17) is 4.74 Å². The van der Waals surface area contributed by atoms with Crippen molar-refractivity contribution in [3.63, 3.8) is 0 Å². The molecule has 1 aliphatic heterocycles. The Hall–Kier alpha value is -1.60. The van der Waals surface area contributed by atoms with Crippen molar-refractivity contribution < 1.29 is 14.3 Å². The van der Waals surface area contributed by atoms with Crippen LogP contribution in [0.5, 0.6) is 0 Å². The minimum atomic E-state index is 0.00108. The topological polar surface area (TPSA) is 71.5 Å². The van der Waals surface area contributed by atoms with E-state index in [2.05, 4.69) is 10.3 Å². The van der Waals surface area contributed by atoms with Crippen LogP contribution in [0.15, 0.2) is 29.4 Å². The summed E-state index contributed by atoms with van der Waals surface area (Å²) in [7, 11) is 0. The maximum atomic E-state index is 12.7. The molecule has 3 fully saturated rings. The van der Waals surface area contributed by atoms with E-state index in [1.807, 2.05) is 23.1 Å². The number of likely N-dealkylation sites (tertiary alicyclic amines) is 1. The Kier molecular flexibility index (Phi) is 6.21. The first-order valence-corrected chi connectivity index (χ1v) is 11.3. The van der Waals surface area contributed by atoms with Crippen molar-refractivity contribution in [3.8, 4) is 0 Å². The molecule has 0 unspecified atom stereocenters. The lowest BCUT2D eigenvalue weighted by Crippen LogP contribution is -2.50. The number of thioether (sulfide) groups is 1. The van der Waals surface area contributed by atoms with Crippen LogP contribution in [0.1, 0.15) is 32.6 Å². The number of nitrogens with zero attached hydrogens (tertiary/aromatic N) is 2. The first-order valence-electron chi connectivity index (χ1n) is 10.3. The van der Waals surface area contributed by atoms with E-state index >= 15 is 0 Å². The smallest absolute Gasteiger partial charge is 0.233 e. The summed E-state index contributed by atoms with van der Waals surface area (Å²) in [5.74, 6) is 2.23. The molecule has 2 saturated carbocycles. The van der Waals surface area contributed by atoms with Crippen molar-refractivity contribution in [2.24, 2.45) is 17.8 Å². The monoisotopic (exact) mass is 403 g/mol. The van der Waals surface area contributed by atoms with Crippen LogP contribution in [-0.4, -0.2) is 59.3 Å². The molecule has 0 radical (unpaired) electrons. The normalized spacial score (nSPS) is 29.4. The minimum absolute atomic E-state index is 0.00108. The number of aromatic nitrogens is 1. The van der Waals surface area contributed by atoms with Crippen LogP contribution in [0.4, 0.5) is 0 Å². The number of carbonyl (C=O) groups is 2. The van der Waals surface area contributed by atoms with Crippen LogP contribution in [0.3, 0.4) is 0 Å². The van der Waals surface area contributed by atoms with E-state index in [0.717, 1.165) is 37.6 Å². The average Bonchev–Trinajstić information content (AvgIpc) is 3.42. The lowest BCUT2D eigenvalue weighted by molar-refractivity contribution is -0.127. The quantitative estimate of drug-likeness (QED) is 0.708. The molecule has 1 aromatic heterocycles. The van der Waals surface area contributed by atoms with Crippen molar-refractivity contribution >= 4 is 23.6 Å². The summed E-state index contributed by atoms with van der Waals surface area (Å²) in [4.78, 5) is 30.6. The lowest BCUT2D eigenvalue weighted by Gasteiger charge is -2.38. The summed E-state index contributed by atoms with van der Waals surface area (Å²) >= 11 is 1.49. The highest BCUT2D eigenvalue weighted by atomic mass is 32.2. The van der Waals surface area contributed by atoms with Gasteiger partial charge in [-0.25, -0.2) is 4.98 Å². The van der Waals surface area contributed by atoms with Gasteiger partial charge in [0.1, 0.15) is 0 Å². The highest BCUT2D eigenvalue weighted by Crippen LogP contribution is 2.39. The van der Waals surface area contributed by atoms with Crippen molar-refractivity contribution in [3.05, 3.63) is 24.4 Å². The fraction of sp³-hybridized carbons (Fsp3) is 0.667. The van der Waals surface area contributed by atoms with Gasteiger partial charge in [0.15, 0.2) is 0 Å². The van der Waals surface area contributed by atoms with Gasteiger partial charge in [0.05, 0.1) is 22.9 Å². The molecule has 2 aliphatic carbocycles. The molecule has 1 N–H and O–H groups in total. The van der Waals surface area contributed by atoms with Gasteiger partial charge >= 0.3 is 0 Å². The van der Waals surface area contributed by atoms with E-state index in [0.29, 0.717) is 23.5 Å². The fourth-order valence-electron chi connectivity index (χ4n) is 4.42. The molecule has 0 aromatic carbocycles. The summed E-state index contributed by atoms with van der Waals surface area (Å²) in [5, 5.41) is 3.98. The second-order valence-corrected chi connectivity index (χ2v) is 9.36. The number of amides is 2. The molecular weight excluding hydrogens is 374 g/mol. The predicted octanol–water partition coefficient (Wildman–Crippen LogP) is 2.34. The van der Waals surface area contributed by atoms with Crippen LogP contribution in [0.25, 0.3) is 0 Å². The molecule has 4 atom stereocenters. The summed E-state index contributed by atoms with van der Waals surface area (Å²) in [6.45, 7) is 3.98. The minimum Gasteiger partial charge on any atom is -0.376 e. The van der Waals surface area contributed by atoms with Gasteiger partial charge < -0.3 is 15.0 Å². The third kappa shape index (κ3) is 5.06. The maximum absolute atomic E-state index is 12.7. The Balaban J connectivity index is 1.32. The zero-order chi connectivity index (χ0) is 19.5. The molecule has 28 heavy (non-hydrogen) atoms. The number of nitrogens with one attached hydrogen (secondary N) is 1. The Morgan fingerprint density at radius 1 is 1.25 bits per heavy atom. The number of ether oxygens (including phenoxy) is 1. The summed E-state index contributed by atoms with van der Waals surface area (Å²) in [6, 6.07) is 5.82. The molecule has 0 bridgehead atoms. The molecule has 7 heteroatoms. The molecule has 2 heterocycles. The van der Waals surface area contributed by atoms with E-state index in [9.17, 15) is 9.59 Å². The van der Waals surface area contributed by atoms with Gasteiger partial charge in [-0.1, -0.05) is 17.8 Å². The highest BCUT2D eigenvalue weighted by molar-refractivity contribution is 7.99. The van der Waals surface area contributed by atoms with Gasteiger partial charge in [-0.3, -0.25) is 9.59 Å². The molecule has 152 valence electrons. The summed E-state index contributed by atoms with van der Waals surface area (Å²) < 4.78 is 6.20. The van der Waals surface area contributed by atoms with E-state index in [1.165, 1.54) is 24.6 Å². The molecule has 6 nitrogen and oxygen atoms in total. The average molecular weight is 404 g/mol. The zero-order valence-corrected chi connectivity index (χ0v) is 17.2. The van der Waals surface area contributed by atoms with Crippen LogP contribution in [-0.2, 0) is 14.3 Å². The third-order valence-electron chi connectivity index (χ3n) is 6.08. The first kappa shape index (κ1) is 19.7. The largest absolute Gasteiger partial charge is 0.376 e. The van der Waals surface area contributed by atoms with Gasteiger partial charge in [0.2, 0.25) is 11.8 Å². The van der Waals surface area contributed by atoms with Gasteiger partial charge in [-0.05, 0) is 55.6 Å². The Labute approximate surface area is 170 Å². The Bertz CT molecular complexity index is 697. The number of rotatable bonds is 7. The predicted molar refractivity (Wildman–Crippen MR) is 108 cm³/mol. The molecule has 1 aromatic rings. The van der Waals surface area contributed by atoms with E-state index in [-0.39, 0.29) is 24.0 Å². The number of hydrogen-bond donors (Lipinski definition) is 1. The summed E-state index contributed by atoms with van der Waals surface area (Å²) in [6.07, 6.45) is 6.18. The zero-order valence-electron chi connectivity index (χ0n) is 16.4. The number of hydrogen-bond acceptors (Lipinski definition) is 5. The molecular formula is C21H29N3O3S. The lowest BCUT2D eigenvalue weighted by atomic mass is 9.77. The van der Waals surface area contributed by atoms with Gasteiger partial charge in [-0.2, -0.15) is 0 Å². The number of pyridine rings is 1. The molecule has 4 rings (SSSR count). The van der Waals surface area contributed by atoms with Crippen LogP contribution in [0, 0.1) is 17.8 Å². The van der Waals surface area contributed by atoms with Crippen LogP contribution in [0.2, 0.25) is 0 Å². The van der Waals surface area contributed by atoms with Crippen molar-refractivity contribution in [2.45, 2.75) is 49.8 Å². The standard InChI is InChI=1S/C21H29N3O3S/c1-14(25)23-18-8-16-10-24(21(26)13-28-20-4-2-3-7-22-20)11-17(16)9-19(18)27-12-15-5-6-15/h2-4,7,15-19H,5-6,8-13H2,1H3,(H,23,25)/t16-,17+,18-,19-/m1/s1. The number of carbonyl (C=O) groups excluding carboxylic acids is 2.